The van der Waals surface area contributed by atoms with E-state index in [9.17, 15) is 23.6 Å². The number of nitrogens with one attached hydrogen (secondary N) is 2. The topological polar surface area (TPSA) is 153 Å². The highest BCUT2D eigenvalue weighted by atomic mass is 35.5. The normalized spacial score (nSPS) is 15.6. The summed E-state index contributed by atoms with van der Waals surface area (Å²) in [4.78, 5) is 61.3. The lowest BCUT2D eigenvalue weighted by Crippen LogP contribution is -2.50. The van der Waals surface area contributed by atoms with Crippen molar-refractivity contribution in [2.75, 3.05) is 51.2 Å². The summed E-state index contributed by atoms with van der Waals surface area (Å²) >= 11 is 7.19. The summed E-state index contributed by atoms with van der Waals surface area (Å²) in [7, 11) is 1.91. The molecule has 7 aromatic rings. The van der Waals surface area contributed by atoms with Crippen LogP contribution in [0.1, 0.15) is 77.7 Å². The molecular weight excluding hydrogens is 911 g/mol. The number of aryl methyl sites for hydroxylation is 4. The lowest BCUT2D eigenvalue weighted by atomic mass is 9.89. The van der Waals surface area contributed by atoms with E-state index in [4.69, 9.17) is 31.2 Å². The lowest BCUT2D eigenvalue weighted by Gasteiger charge is -2.35. The summed E-state index contributed by atoms with van der Waals surface area (Å²) in [6.07, 6.45) is 1.48. The summed E-state index contributed by atoms with van der Waals surface area (Å²) in [6.45, 7) is 13.4. The Morgan fingerprint density at radius 3 is 2.44 bits per heavy atom. The molecule has 0 spiro atoms. The minimum absolute atomic E-state index is 0.0170. The Balaban J connectivity index is 0.917. The predicted molar refractivity (Wildman–Crippen MR) is 270 cm³/mol. The number of carbonyl (C=O) groups is 4. The molecule has 2 saturated heterocycles. The van der Waals surface area contributed by atoms with E-state index in [0.717, 1.165) is 77.6 Å². The van der Waals surface area contributed by atoms with Gasteiger partial charge in [0.15, 0.2) is 0 Å². The molecule has 364 valence electrons. The Kier molecular flexibility index (Phi) is 13.9. The Morgan fingerprint density at radius 1 is 0.914 bits per heavy atom. The van der Waals surface area contributed by atoms with Crippen LogP contribution in [0.25, 0.3) is 43.7 Å². The van der Waals surface area contributed by atoms with Crippen LogP contribution >= 0.6 is 11.6 Å². The molecule has 0 bridgehead atoms. The first kappa shape index (κ1) is 48.2. The van der Waals surface area contributed by atoms with Crippen LogP contribution in [-0.2, 0) is 39.1 Å². The van der Waals surface area contributed by atoms with E-state index in [2.05, 4.69) is 20.1 Å². The zero-order valence-corrected chi connectivity index (χ0v) is 41.2. The van der Waals surface area contributed by atoms with E-state index in [1.165, 1.54) is 12.1 Å². The van der Waals surface area contributed by atoms with E-state index in [-0.39, 0.29) is 36.2 Å². The highest BCUT2D eigenvalue weighted by Crippen LogP contribution is 2.42. The van der Waals surface area contributed by atoms with Crippen molar-refractivity contribution >= 4 is 73.6 Å². The van der Waals surface area contributed by atoms with Crippen LogP contribution in [0, 0.1) is 26.6 Å². The van der Waals surface area contributed by atoms with Gasteiger partial charge < -0.3 is 24.3 Å². The molecule has 0 aliphatic carbocycles. The van der Waals surface area contributed by atoms with Crippen molar-refractivity contribution < 1.29 is 33.0 Å². The number of carbonyl (C=O) groups excluding carboxylic acids is 4. The number of halogens is 2. The van der Waals surface area contributed by atoms with E-state index >= 15 is 0 Å². The molecule has 3 aromatic heterocycles. The number of piperidine rings is 1. The van der Waals surface area contributed by atoms with Gasteiger partial charge in [0, 0.05) is 97.1 Å². The fourth-order valence-corrected chi connectivity index (χ4v) is 10.4. The number of ether oxygens (including phenoxy) is 2. The number of nitrogens with zero attached hydrogens (tertiary/aromatic N) is 6. The molecular formula is C54H58ClFN8O6. The number of anilines is 1. The van der Waals surface area contributed by atoms with E-state index in [0.29, 0.717) is 88.0 Å². The Morgan fingerprint density at radius 2 is 1.70 bits per heavy atom. The number of rotatable bonds is 15. The Hall–Kier alpha value is -6.84. The quantitative estimate of drug-likeness (QED) is 0.0579. The van der Waals surface area contributed by atoms with Crippen LogP contribution in [0.3, 0.4) is 0 Å². The van der Waals surface area contributed by atoms with Crippen molar-refractivity contribution in [3.8, 4) is 16.9 Å². The molecule has 2 aliphatic rings. The minimum Gasteiger partial charge on any atom is -0.493 e. The van der Waals surface area contributed by atoms with Crippen LogP contribution in [0.15, 0.2) is 72.8 Å². The van der Waals surface area contributed by atoms with Crippen molar-refractivity contribution in [2.45, 2.75) is 78.9 Å². The average molecular weight is 970 g/mol. The van der Waals surface area contributed by atoms with Gasteiger partial charge in [0.05, 0.1) is 46.9 Å². The van der Waals surface area contributed by atoms with E-state index < -0.39 is 11.9 Å². The smallest absolute Gasteiger partial charge is 0.355 e. The van der Waals surface area contributed by atoms with Crippen molar-refractivity contribution in [1.29, 1.82) is 0 Å². The van der Waals surface area contributed by atoms with Gasteiger partial charge in [0.2, 0.25) is 17.7 Å². The van der Waals surface area contributed by atoms with E-state index in [1.54, 1.807) is 6.07 Å². The van der Waals surface area contributed by atoms with Gasteiger partial charge in [-0.2, -0.15) is 5.10 Å². The van der Waals surface area contributed by atoms with Crippen molar-refractivity contribution in [3.05, 3.63) is 118 Å². The van der Waals surface area contributed by atoms with Crippen LogP contribution in [0.2, 0.25) is 5.02 Å². The molecule has 16 heteroatoms. The third-order valence-corrected chi connectivity index (χ3v) is 14.0. The summed E-state index contributed by atoms with van der Waals surface area (Å²) in [6, 6.07) is 21.8. The second kappa shape index (κ2) is 20.2. The molecule has 70 heavy (non-hydrogen) atoms. The first-order chi connectivity index (χ1) is 33.6. The van der Waals surface area contributed by atoms with Crippen LogP contribution in [0.4, 0.5) is 10.1 Å². The van der Waals surface area contributed by atoms with Gasteiger partial charge in [-0.15, -0.1) is 0 Å². The molecule has 14 nitrogen and oxygen atoms in total. The first-order valence-corrected chi connectivity index (χ1v) is 24.4. The summed E-state index contributed by atoms with van der Waals surface area (Å²) < 4.78 is 30.3. The van der Waals surface area contributed by atoms with Crippen LogP contribution in [0.5, 0.6) is 5.75 Å². The third kappa shape index (κ3) is 9.82. The van der Waals surface area contributed by atoms with Gasteiger partial charge in [-0.1, -0.05) is 35.9 Å². The van der Waals surface area contributed by atoms with Crippen molar-refractivity contribution in [1.82, 2.24) is 34.4 Å². The first-order valence-electron chi connectivity index (χ1n) is 24.0. The average Bonchev–Trinajstić information content (AvgIpc) is 3.78. The highest BCUT2D eigenvalue weighted by Gasteiger charge is 2.32. The summed E-state index contributed by atoms with van der Waals surface area (Å²) in [5.41, 5.74) is 8.69. The van der Waals surface area contributed by atoms with Gasteiger partial charge in [0.1, 0.15) is 17.3 Å². The summed E-state index contributed by atoms with van der Waals surface area (Å²) in [5.74, 6) is -1.04. The van der Waals surface area contributed by atoms with Gasteiger partial charge in [-0.05, 0) is 119 Å². The monoisotopic (exact) mass is 968 g/mol. The Labute approximate surface area is 411 Å². The number of hydrogen-bond acceptors (Lipinski definition) is 10. The zero-order valence-electron chi connectivity index (χ0n) is 40.5. The van der Waals surface area contributed by atoms with Gasteiger partial charge in [0.25, 0.3) is 0 Å². The molecule has 5 heterocycles. The maximum Gasteiger partial charge on any atom is 0.355 e. The predicted octanol–water partition coefficient (Wildman–Crippen LogP) is 8.81. The fourth-order valence-electron chi connectivity index (χ4n) is 10.1. The number of hydrogen-bond donors (Lipinski definition) is 2. The number of esters is 1. The number of benzene rings is 4. The molecule has 9 rings (SSSR count). The lowest BCUT2D eigenvalue weighted by molar-refractivity contribution is -0.134. The van der Waals surface area contributed by atoms with Crippen LogP contribution < -0.4 is 15.4 Å². The molecule has 0 radical (unpaired) electrons. The van der Waals surface area contributed by atoms with Gasteiger partial charge in [-0.25, -0.2) is 9.18 Å². The molecule has 4 aromatic carbocycles. The van der Waals surface area contributed by atoms with E-state index in [1.807, 2.05) is 106 Å². The largest absolute Gasteiger partial charge is 0.493 e. The standard InChI is InChI=1S/C54H58ClFN8O6/c1-31(2)70-54(68)52-40(10-8-26-69-46-11-7-9-35-27-37(56)13-15-39(35)46)41-16-18-44(55)50(49-33(4)60-61(6)34(49)5)51(41)64(52)25-22-62-20-23-63(24-21-62)48(66)30-57-38-14-12-36-28-43(32(3)58-45(36)29-38)42-17-19-47(65)59-53(42)67/h7,9,11-16,18,27-29,31,42,57H,8,10,17,19-26,30H2,1-6H3,(H,59,65,67). The molecule has 0 saturated carbocycles. The highest BCUT2D eigenvalue weighted by molar-refractivity contribution is 6.35. The Bertz CT molecular complexity index is 3190. The molecule has 2 fully saturated rings. The molecule has 1 atom stereocenters. The number of fused-ring (bicyclic) bond motifs is 3. The maximum atomic E-state index is 14.4. The number of imide groups is 1. The molecule has 3 amide bonds. The second-order valence-electron chi connectivity index (χ2n) is 18.6. The molecule has 1 unspecified atom stereocenters. The fraction of sp³-hybridized carbons (Fsp3) is 0.370. The SMILES string of the molecule is Cc1nc2cc(NCC(=O)N3CCN(CCn4c(C(=O)OC(C)C)c(CCCOc5cccc6cc(F)ccc56)c5ccc(Cl)c(-c6c(C)nn(C)c6C)c54)CC3)ccc2cc1C1CCC(=O)NC1=O. The number of amides is 3. The van der Waals surface area contributed by atoms with Crippen molar-refractivity contribution in [2.24, 2.45) is 7.05 Å². The van der Waals surface area contributed by atoms with Gasteiger partial charge >= 0.3 is 5.97 Å². The zero-order chi connectivity index (χ0) is 49.4. The van der Waals surface area contributed by atoms with Gasteiger partial charge in [-0.3, -0.25) is 34.3 Å². The second-order valence-corrected chi connectivity index (χ2v) is 19.1. The number of piperazine rings is 1. The number of aromatic nitrogens is 4. The van der Waals surface area contributed by atoms with Crippen LogP contribution in [-0.4, -0.2) is 105 Å². The number of pyridine rings is 1. The molecule has 2 N–H and O–H groups in total. The third-order valence-electron chi connectivity index (χ3n) is 13.7. The minimum atomic E-state index is -0.420. The molecule has 2 aliphatic heterocycles. The maximum absolute atomic E-state index is 14.4. The van der Waals surface area contributed by atoms with Crippen molar-refractivity contribution in [3.63, 3.8) is 0 Å². The summed E-state index contributed by atoms with van der Waals surface area (Å²) in [5, 5.41) is 14.4.